The Morgan fingerprint density at radius 2 is 2.40 bits per heavy atom. The fourth-order valence-electron chi connectivity index (χ4n) is 0.134. The lowest BCUT2D eigenvalue weighted by atomic mass is 10.6. The third kappa shape index (κ3) is 4.46. The van der Waals surface area contributed by atoms with Gasteiger partial charge in [0.1, 0.15) is 0 Å². The predicted molar refractivity (Wildman–Crippen MR) is 23.4 cm³/mol. The first-order valence-corrected chi connectivity index (χ1v) is 3.51. The molecular formula is C3H8AlF. The lowest BCUT2D eigenvalue weighted by molar-refractivity contribution is 0.845. The highest BCUT2D eigenvalue weighted by atomic mass is 27.2. The van der Waals surface area contributed by atoms with Crippen molar-refractivity contribution in [2.24, 2.45) is 0 Å². The second-order valence-electron chi connectivity index (χ2n) is 1.04. The van der Waals surface area contributed by atoms with Gasteiger partial charge in [0.2, 0.25) is 0 Å². The topological polar surface area (TPSA) is 0 Å². The molecule has 30 valence electrons. The first-order valence-electron chi connectivity index (χ1n) is 1.97. The van der Waals surface area contributed by atoms with Crippen molar-refractivity contribution < 1.29 is 3.52 Å². The summed E-state index contributed by atoms with van der Waals surface area (Å²) in [4.78, 5) is 0. The summed E-state index contributed by atoms with van der Waals surface area (Å²) in [6.45, 7) is 2.01. The number of halogens is 1. The Hall–Kier alpha value is 0.462. The molecule has 0 aliphatic carbocycles. The van der Waals surface area contributed by atoms with Crippen LogP contribution in [0.2, 0.25) is 5.28 Å². The quantitative estimate of drug-likeness (QED) is 0.446. The smallest absolute Gasteiger partial charge is 0.424 e. The van der Waals surface area contributed by atoms with Crippen LogP contribution in [0.15, 0.2) is 0 Å². The zero-order valence-electron chi connectivity index (χ0n) is 3.50. The lowest BCUT2D eigenvalue weighted by Crippen LogP contribution is -1.71. The monoisotopic (exact) mass is 90.0 g/mol. The maximum absolute atomic E-state index is 11.1. The fraction of sp³-hybridized carbons (Fsp3) is 1.00. The molecule has 0 aromatic rings. The molecule has 0 saturated heterocycles. The highest BCUT2D eigenvalue weighted by molar-refractivity contribution is 6.25. The van der Waals surface area contributed by atoms with E-state index in [-0.39, 0.29) is 0 Å². The second kappa shape index (κ2) is 4.46. The molecule has 0 radical (unpaired) electrons. The molecule has 0 spiro atoms. The second-order valence-corrected chi connectivity index (χ2v) is 2.13. The molecule has 0 unspecified atom stereocenters. The van der Waals surface area contributed by atoms with E-state index in [2.05, 4.69) is 0 Å². The van der Waals surface area contributed by atoms with Crippen molar-refractivity contribution >= 4 is 15.7 Å². The van der Waals surface area contributed by atoms with E-state index in [0.717, 1.165) is 11.7 Å². The van der Waals surface area contributed by atoms with Crippen molar-refractivity contribution in [3.8, 4) is 0 Å². The summed E-state index contributed by atoms with van der Waals surface area (Å²) in [6.07, 6.45) is 1.03. The van der Waals surface area contributed by atoms with Crippen LogP contribution in [0.5, 0.6) is 0 Å². The van der Waals surface area contributed by atoms with E-state index in [4.69, 9.17) is 0 Å². The summed E-state index contributed by atoms with van der Waals surface area (Å²) in [5.41, 5.74) is 0. The molecule has 5 heavy (non-hydrogen) atoms. The zero-order valence-corrected chi connectivity index (χ0v) is 4.91. The molecule has 0 aromatic heterocycles. The van der Waals surface area contributed by atoms with Crippen LogP contribution in [0.4, 0.5) is 3.52 Å². The van der Waals surface area contributed by atoms with E-state index in [1.54, 1.807) is 0 Å². The number of rotatable bonds is 2. The van der Waals surface area contributed by atoms with Crippen molar-refractivity contribution in [1.29, 1.82) is 0 Å². The predicted octanol–water partition coefficient (Wildman–Crippen LogP) is 1.14. The Labute approximate surface area is 38.6 Å². The minimum atomic E-state index is -1.09. The van der Waals surface area contributed by atoms with Gasteiger partial charge in [0.15, 0.2) is 0 Å². The van der Waals surface area contributed by atoms with E-state index in [9.17, 15) is 3.52 Å². The van der Waals surface area contributed by atoms with Gasteiger partial charge in [-0.25, -0.2) is 0 Å². The molecule has 0 heterocycles. The van der Waals surface area contributed by atoms with Gasteiger partial charge in [-0.05, 0) is 0 Å². The van der Waals surface area contributed by atoms with Crippen LogP contribution < -0.4 is 0 Å². The van der Waals surface area contributed by atoms with Crippen molar-refractivity contribution in [3.63, 3.8) is 0 Å². The molecule has 0 saturated carbocycles. The molecule has 0 aliphatic rings. The summed E-state index contributed by atoms with van der Waals surface area (Å²) in [5.74, 6) is 0. The average molecular weight is 90.1 g/mol. The standard InChI is InChI=1S/C3H7.Al.FH.H/c1-3-2;;;/h1,3H2,2H3;;1H;/q;+1;;/p-1. The van der Waals surface area contributed by atoms with Crippen LogP contribution in [0.3, 0.4) is 0 Å². The summed E-state index contributed by atoms with van der Waals surface area (Å²) in [7, 11) is 0. The van der Waals surface area contributed by atoms with Gasteiger partial charge in [0.05, 0.1) is 0 Å². The van der Waals surface area contributed by atoms with Gasteiger partial charge in [-0.1, -0.05) is 18.6 Å². The van der Waals surface area contributed by atoms with Gasteiger partial charge < -0.3 is 3.52 Å². The van der Waals surface area contributed by atoms with Gasteiger partial charge in [-0.2, -0.15) is 0 Å². The van der Waals surface area contributed by atoms with Crippen LogP contribution in [-0.2, 0) is 0 Å². The van der Waals surface area contributed by atoms with Gasteiger partial charge in [-0.15, -0.1) is 0 Å². The van der Waals surface area contributed by atoms with Crippen molar-refractivity contribution in [3.05, 3.63) is 0 Å². The van der Waals surface area contributed by atoms with Crippen LogP contribution in [0.1, 0.15) is 13.3 Å². The average Bonchev–Trinajstić information content (AvgIpc) is 1.41. The minimum Gasteiger partial charge on any atom is -0.424 e. The Bertz CT molecular complexity index is 14.4. The molecule has 0 aliphatic heterocycles. The Balaban J connectivity index is 2.19. The van der Waals surface area contributed by atoms with Crippen molar-refractivity contribution in [1.82, 2.24) is 0 Å². The maximum Gasteiger partial charge on any atom is 0.494 e. The summed E-state index contributed by atoms with van der Waals surface area (Å²) in [5, 5.41) is 0.861. The Kier molecular flexibility index (Phi) is 4.88. The van der Waals surface area contributed by atoms with E-state index < -0.39 is 15.7 Å². The molecule has 0 nitrogen and oxygen atoms in total. The summed E-state index contributed by atoms with van der Waals surface area (Å²) in [6, 6.07) is 0. The fourth-order valence-corrected chi connectivity index (χ4v) is 0.401. The number of hydrogen-bond donors (Lipinski definition) is 0. The third-order valence-electron chi connectivity index (χ3n) is 0.487. The zero-order chi connectivity index (χ0) is 4.12. The summed E-state index contributed by atoms with van der Waals surface area (Å²) >= 11 is -1.09. The molecule has 0 aromatic carbocycles. The Morgan fingerprint density at radius 1 is 1.80 bits per heavy atom. The van der Waals surface area contributed by atoms with E-state index in [0.29, 0.717) is 0 Å². The van der Waals surface area contributed by atoms with E-state index >= 15 is 0 Å². The molecule has 0 rings (SSSR count). The molecule has 0 atom stereocenters. The van der Waals surface area contributed by atoms with Gasteiger partial charge in [-0.3, -0.25) is 0 Å². The Morgan fingerprint density at radius 3 is 2.40 bits per heavy atom. The van der Waals surface area contributed by atoms with E-state index in [1.807, 2.05) is 6.92 Å². The van der Waals surface area contributed by atoms with Crippen molar-refractivity contribution in [2.75, 3.05) is 0 Å². The molecule has 2 heteroatoms. The molecule has 0 fully saturated rings. The molecule has 0 N–H and O–H groups in total. The first kappa shape index (κ1) is 5.46. The molecule has 0 bridgehead atoms. The van der Waals surface area contributed by atoms with Crippen LogP contribution in [0.25, 0.3) is 0 Å². The lowest BCUT2D eigenvalue weighted by Gasteiger charge is -1.72. The largest absolute Gasteiger partial charge is 0.494 e. The van der Waals surface area contributed by atoms with Gasteiger partial charge in [0, 0.05) is 0 Å². The third-order valence-corrected chi connectivity index (χ3v) is 1.46. The molecular weight excluding hydrogens is 82.0 g/mol. The van der Waals surface area contributed by atoms with Crippen LogP contribution >= 0.6 is 0 Å². The highest BCUT2D eigenvalue weighted by Crippen LogP contribution is 1.82. The van der Waals surface area contributed by atoms with Gasteiger partial charge >= 0.3 is 15.7 Å². The normalized spacial score (nSPS) is 7.60. The maximum atomic E-state index is 11.1. The van der Waals surface area contributed by atoms with Crippen molar-refractivity contribution in [2.45, 2.75) is 18.6 Å². The SMILES string of the molecule is CC[CH2][AlH][F]. The summed E-state index contributed by atoms with van der Waals surface area (Å²) < 4.78 is 11.1. The van der Waals surface area contributed by atoms with E-state index in [1.165, 1.54) is 0 Å². The van der Waals surface area contributed by atoms with Gasteiger partial charge in [0.25, 0.3) is 0 Å². The van der Waals surface area contributed by atoms with Crippen LogP contribution in [0, 0.1) is 0 Å². The highest BCUT2D eigenvalue weighted by Gasteiger charge is 1.82. The number of hydrogen-bond acceptors (Lipinski definition) is 0. The minimum absolute atomic E-state index is 0.861. The molecule has 0 amide bonds. The van der Waals surface area contributed by atoms with Crippen LogP contribution in [-0.4, -0.2) is 15.7 Å². The first-order chi connectivity index (χ1) is 2.41.